The third-order valence-corrected chi connectivity index (χ3v) is 4.23. The second kappa shape index (κ2) is 7.01. The van der Waals surface area contributed by atoms with Crippen LogP contribution in [-0.4, -0.2) is 25.9 Å². The topological polar surface area (TPSA) is 115 Å². The van der Waals surface area contributed by atoms with Gasteiger partial charge in [0.25, 0.3) is 5.69 Å². The number of rotatable bonds is 5. The minimum absolute atomic E-state index is 0. The van der Waals surface area contributed by atoms with E-state index in [1.54, 1.807) is 6.92 Å². The Morgan fingerprint density at radius 1 is 1.53 bits per heavy atom. The molecule has 0 aromatic heterocycles. The highest BCUT2D eigenvalue weighted by Gasteiger charge is 2.29. The minimum atomic E-state index is -4.08. The van der Waals surface area contributed by atoms with Gasteiger partial charge < -0.3 is 5.73 Å². The van der Waals surface area contributed by atoms with Crippen molar-refractivity contribution in [3.05, 3.63) is 33.3 Å². The van der Waals surface area contributed by atoms with E-state index >= 15 is 0 Å². The van der Waals surface area contributed by atoms with Gasteiger partial charge in [0.15, 0.2) is 4.90 Å². The van der Waals surface area contributed by atoms with Crippen molar-refractivity contribution in [2.45, 2.75) is 17.9 Å². The molecule has 0 saturated heterocycles. The first-order valence-electron chi connectivity index (χ1n) is 4.95. The van der Waals surface area contributed by atoms with E-state index in [0.29, 0.717) is 0 Å². The van der Waals surface area contributed by atoms with Gasteiger partial charge in [0.1, 0.15) is 0 Å². The van der Waals surface area contributed by atoms with Gasteiger partial charge in [-0.05, 0) is 13.0 Å². The van der Waals surface area contributed by atoms with Crippen molar-refractivity contribution in [1.82, 2.24) is 4.72 Å². The van der Waals surface area contributed by atoms with Crippen LogP contribution in [-0.2, 0) is 10.0 Å². The smallest absolute Gasteiger partial charge is 0.290 e. The fourth-order valence-corrected chi connectivity index (χ4v) is 3.24. The predicted octanol–water partition coefficient (Wildman–Crippen LogP) is 1.30. The zero-order valence-corrected chi connectivity index (χ0v) is 12.3. The summed E-state index contributed by atoms with van der Waals surface area (Å²) in [6, 6.07) is 3.11. The van der Waals surface area contributed by atoms with Crippen LogP contribution in [0.4, 0.5) is 5.69 Å². The van der Waals surface area contributed by atoms with Crippen molar-refractivity contribution in [3.63, 3.8) is 0 Å². The van der Waals surface area contributed by atoms with E-state index in [1.807, 2.05) is 0 Å². The molecule has 19 heavy (non-hydrogen) atoms. The van der Waals surface area contributed by atoms with Crippen LogP contribution in [0.3, 0.4) is 0 Å². The maximum Gasteiger partial charge on any atom is 0.290 e. The molecule has 0 saturated carbocycles. The number of nitrogens with two attached hydrogens (primary N) is 1. The summed E-state index contributed by atoms with van der Waals surface area (Å²) in [5, 5.41) is 10.6. The molecule has 0 unspecified atom stereocenters. The lowest BCUT2D eigenvalue weighted by Gasteiger charge is -2.12. The molecule has 0 aliphatic rings. The van der Waals surface area contributed by atoms with Crippen LogP contribution in [0.15, 0.2) is 23.1 Å². The minimum Gasteiger partial charge on any atom is -0.329 e. The van der Waals surface area contributed by atoms with Gasteiger partial charge in [-0.1, -0.05) is 17.7 Å². The quantitative estimate of drug-likeness (QED) is 0.623. The molecular weight excluding hydrogens is 317 g/mol. The molecule has 1 rings (SSSR count). The maximum absolute atomic E-state index is 12.0. The van der Waals surface area contributed by atoms with Crippen molar-refractivity contribution >= 4 is 39.7 Å². The Bertz CT molecular complexity index is 565. The molecule has 0 fully saturated rings. The van der Waals surface area contributed by atoms with Crippen LogP contribution in [0.2, 0.25) is 5.02 Å². The summed E-state index contributed by atoms with van der Waals surface area (Å²) in [6.07, 6.45) is 0. The van der Waals surface area contributed by atoms with Gasteiger partial charge in [-0.2, -0.15) is 0 Å². The highest BCUT2D eigenvalue weighted by atomic mass is 35.5. The Labute approximate surface area is 121 Å². The molecular formula is C9H13Cl2N3O4S. The third kappa shape index (κ3) is 4.29. The van der Waals surface area contributed by atoms with Gasteiger partial charge in [0, 0.05) is 18.7 Å². The molecule has 1 aromatic rings. The lowest BCUT2D eigenvalue weighted by molar-refractivity contribution is -0.387. The summed E-state index contributed by atoms with van der Waals surface area (Å²) in [4.78, 5) is 9.46. The number of hydrogen-bond donors (Lipinski definition) is 2. The van der Waals surface area contributed by atoms with Gasteiger partial charge >= 0.3 is 0 Å². The maximum atomic E-state index is 12.0. The molecule has 1 atom stereocenters. The van der Waals surface area contributed by atoms with Crippen molar-refractivity contribution in [3.8, 4) is 0 Å². The molecule has 0 bridgehead atoms. The number of hydrogen-bond acceptors (Lipinski definition) is 5. The summed E-state index contributed by atoms with van der Waals surface area (Å²) >= 11 is 5.73. The highest BCUT2D eigenvalue weighted by Crippen LogP contribution is 2.30. The van der Waals surface area contributed by atoms with Gasteiger partial charge in [0.05, 0.1) is 9.95 Å². The van der Waals surface area contributed by atoms with E-state index in [1.165, 1.54) is 12.1 Å². The number of nitrogens with zero attached hydrogens (tertiary/aromatic N) is 1. The fourth-order valence-electron chi connectivity index (χ4n) is 1.28. The van der Waals surface area contributed by atoms with Crippen LogP contribution >= 0.6 is 24.0 Å². The van der Waals surface area contributed by atoms with Crippen LogP contribution in [0, 0.1) is 10.1 Å². The van der Waals surface area contributed by atoms with E-state index < -0.39 is 31.6 Å². The Hall–Kier alpha value is -0.930. The first-order chi connectivity index (χ1) is 8.29. The standard InChI is InChI=1S/C9H12ClN3O4S.ClH/c1-6(5-11)12-18(16,17)9-7(10)3-2-4-8(9)13(14)15;/h2-4,6,12H,5,11H2,1H3;1H/t6-;/m0./s1. The number of nitrogens with one attached hydrogen (secondary N) is 1. The molecule has 3 N–H and O–H groups in total. The molecule has 0 amide bonds. The van der Waals surface area contributed by atoms with Gasteiger partial charge in [0.2, 0.25) is 10.0 Å². The van der Waals surface area contributed by atoms with Crippen molar-refractivity contribution in [2.24, 2.45) is 5.73 Å². The Balaban J connectivity index is 0.00000324. The SMILES string of the molecule is C[C@@H](CN)NS(=O)(=O)c1c(Cl)cccc1[N+](=O)[O-].Cl. The average molecular weight is 330 g/mol. The zero-order chi connectivity index (χ0) is 13.9. The van der Waals surface area contributed by atoms with Gasteiger partial charge in [-0.3, -0.25) is 10.1 Å². The Morgan fingerprint density at radius 3 is 2.58 bits per heavy atom. The first-order valence-corrected chi connectivity index (χ1v) is 6.81. The largest absolute Gasteiger partial charge is 0.329 e. The van der Waals surface area contributed by atoms with Crippen LogP contribution in [0.25, 0.3) is 0 Å². The second-order valence-electron chi connectivity index (χ2n) is 3.60. The summed E-state index contributed by atoms with van der Waals surface area (Å²) < 4.78 is 26.2. The number of nitro groups is 1. The lowest BCUT2D eigenvalue weighted by atomic mass is 10.3. The van der Waals surface area contributed by atoms with Crippen LogP contribution in [0.1, 0.15) is 6.92 Å². The molecule has 1 aromatic carbocycles. The third-order valence-electron chi connectivity index (χ3n) is 2.12. The van der Waals surface area contributed by atoms with E-state index in [4.69, 9.17) is 17.3 Å². The monoisotopic (exact) mass is 329 g/mol. The van der Waals surface area contributed by atoms with Gasteiger partial charge in [-0.25, -0.2) is 13.1 Å². The second-order valence-corrected chi connectivity index (χ2v) is 5.66. The van der Waals surface area contributed by atoms with Crippen molar-refractivity contribution < 1.29 is 13.3 Å². The Morgan fingerprint density at radius 2 is 2.11 bits per heavy atom. The molecule has 108 valence electrons. The fraction of sp³-hybridized carbons (Fsp3) is 0.333. The van der Waals surface area contributed by atoms with Crippen LogP contribution in [0.5, 0.6) is 0 Å². The molecule has 10 heteroatoms. The summed E-state index contributed by atoms with van der Waals surface area (Å²) in [5.41, 5.74) is 4.73. The predicted molar refractivity (Wildman–Crippen MR) is 74.2 cm³/mol. The Kier molecular flexibility index (Phi) is 6.67. The number of sulfonamides is 1. The molecule has 0 aliphatic carbocycles. The van der Waals surface area contributed by atoms with E-state index in [2.05, 4.69) is 4.72 Å². The normalized spacial score (nSPS) is 12.6. The summed E-state index contributed by atoms with van der Waals surface area (Å²) in [7, 11) is -4.08. The van der Waals surface area contributed by atoms with E-state index in [-0.39, 0.29) is 24.0 Å². The summed E-state index contributed by atoms with van der Waals surface area (Å²) in [6.45, 7) is 1.61. The van der Waals surface area contributed by atoms with Gasteiger partial charge in [-0.15, -0.1) is 12.4 Å². The van der Waals surface area contributed by atoms with E-state index in [9.17, 15) is 18.5 Å². The van der Waals surface area contributed by atoms with Crippen LogP contribution < -0.4 is 10.5 Å². The lowest BCUT2D eigenvalue weighted by Crippen LogP contribution is -2.38. The van der Waals surface area contributed by atoms with E-state index in [0.717, 1.165) is 6.07 Å². The number of nitro benzene ring substituents is 1. The molecule has 0 radical (unpaired) electrons. The summed E-state index contributed by atoms with van der Waals surface area (Å²) in [5.74, 6) is 0. The molecule has 7 nitrogen and oxygen atoms in total. The molecule has 0 aliphatic heterocycles. The number of benzene rings is 1. The first kappa shape index (κ1) is 18.1. The highest BCUT2D eigenvalue weighted by molar-refractivity contribution is 7.89. The molecule has 0 heterocycles. The molecule has 0 spiro atoms. The van der Waals surface area contributed by atoms with Crippen molar-refractivity contribution in [2.75, 3.05) is 6.54 Å². The van der Waals surface area contributed by atoms with Crippen molar-refractivity contribution in [1.29, 1.82) is 0 Å². The number of halogens is 2. The zero-order valence-electron chi connectivity index (χ0n) is 9.87. The average Bonchev–Trinajstić information content (AvgIpc) is 2.27.